The second-order valence-corrected chi connectivity index (χ2v) is 9.39. The van der Waals surface area contributed by atoms with Crippen LogP contribution in [0.5, 0.6) is 0 Å². The molecule has 2 heterocycles. The van der Waals surface area contributed by atoms with Gasteiger partial charge in [0.05, 0.1) is 17.9 Å². The number of carboxylic acids is 1. The number of aliphatic carboxylic acids is 1. The van der Waals surface area contributed by atoms with Gasteiger partial charge in [0.25, 0.3) is 0 Å². The molecule has 0 spiro atoms. The van der Waals surface area contributed by atoms with Crippen LogP contribution >= 0.6 is 0 Å². The minimum atomic E-state index is -1.01. The predicted molar refractivity (Wildman–Crippen MR) is 141 cm³/mol. The summed E-state index contributed by atoms with van der Waals surface area (Å²) >= 11 is 0. The molecule has 1 saturated carbocycles. The molecule has 0 saturated heterocycles. The Labute approximate surface area is 247 Å². The van der Waals surface area contributed by atoms with Crippen molar-refractivity contribution in [3.8, 4) is 22.5 Å². The first-order valence-corrected chi connectivity index (χ1v) is 12.3. The Morgan fingerprint density at radius 2 is 1.54 bits per heavy atom. The molecular weight excluding hydrogens is 503 g/mol. The fourth-order valence-electron chi connectivity index (χ4n) is 4.67. The van der Waals surface area contributed by atoms with Gasteiger partial charge in [-0.1, -0.05) is 78.9 Å². The molecule has 1 N–H and O–H groups in total. The summed E-state index contributed by atoms with van der Waals surface area (Å²) in [6.45, 7) is 0.150. The summed E-state index contributed by atoms with van der Waals surface area (Å²) in [5.74, 6) is -0.514. The number of pyridine rings is 1. The summed E-state index contributed by atoms with van der Waals surface area (Å²) < 4.78 is 11.5. The van der Waals surface area contributed by atoms with E-state index in [4.69, 9.17) is 9.15 Å². The van der Waals surface area contributed by atoms with Crippen molar-refractivity contribution in [2.45, 2.75) is 24.9 Å². The number of anilines is 1. The Morgan fingerprint density at radius 3 is 2.18 bits per heavy atom. The van der Waals surface area contributed by atoms with Gasteiger partial charge in [0, 0.05) is 22.6 Å². The smallest absolute Gasteiger partial charge is 0.549 e. The average molecular weight is 527 g/mol. The summed E-state index contributed by atoms with van der Waals surface area (Å²) in [5, 5.41) is 15.1. The number of carboxylic acid groups (broad SMARTS) is 1. The van der Waals surface area contributed by atoms with Gasteiger partial charge < -0.3 is 19.1 Å². The standard InChI is InChI=1S/C31H24N2O5.Na/c34-29(35)31(15-16-31)24-12-10-22(11-13-24)21-6-8-23(9-7-21)28-27(25-14-17-32-18-26(25)38-28)33-30(36)37-19-20-4-2-1-3-5-20;/h1-14,17-18H,15-16,19H2,(H,33,36)(H,34,35);/q;+1/p-1. The number of amides is 1. The second kappa shape index (κ2) is 11.1. The maximum absolute atomic E-state index is 12.7. The normalized spacial score (nSPS) is 13.3. The van der Waals surface area contributed by atoms with E-state index in [1.807, 2.05) is 78.9 Å². The molecule has 0 radical (unpaired) electrons. The van der Waals surface area contributed by atoms with Gasteiger partial charge in [-0.3, -0.25) is 10.3 Å². The van der Waals surface area contributed by atoms with Crippen LogP contribution in [0.3, 0.4) is 0 Å². The molecule has 6 rings (SSSR count). The molecule has 0 bridgehead atoms. The molecule has 3 aromatic carbocycles. The summed E-state index contributed by atoms with van der Waals surface area (Å²) in [4.78, 5) is 28.3. The Balaban J connectivity index is 0.00000308. The van der Waals surface area contributed by atoms with Gasteiger partial charge in [-0.2, -0.15) is 0 Å². The zero-order chi connectivity index (χ0) is 26.1. The van der Waals surface area contributed by atoms with Crippen molar-refractivity contribution in [2.75, 3.05) is 5.32 Å². The number of fused-ring (bicyclic) bond motifs is 1. The number of hydrogen-bond acceptors (Lipinski definition) is 6. The number of hydrogen-bond donors (Lipinski definition) is 1. The van der Waals surface area contributed by atoms with Crippen LogP contribution in [0.2, 0.25) is 0 Å². The summed E-state index contributed by atoms with van der Waals surface area (Å²) in [5.41, 5.74) is 4.60. The molecule has 39 heavy (non-hydrogen) atoms. The summed E-state index contributed by atoms with van der Waals surface area (Å²) in [6, 6.07) is 26.6. The molecule has 1 aliphatic rings. The molecule has 5 aromatic rings. The van der Waals surface area contributed by atoms with Crippen molar-refractivity contribution in [3.05, 3.63) is 108 Å². The number of rotatable bonds is 7. The number of nitrogens with zero attached hydrogens (tertiary/aromatic N) is 1. The molecule has 0 aliphatic heterocycles. The van der Waals surface area contributed by atoms with Crippen LogP contribution in [0.15, 0.2) is 102 Å². The zero-order valence-electron chi connectivity index (χ0n) is 21.3. The molecule has 7 nitrogen and oxygen atoms in total. The van der Waals surface area contributed by atoms with Gasteiger partial charge in [-0.05, 0) is 41.2 Å². The number of nitrogens with one attached hydrogen (secondary N) is 1. The summed E-state index contributed by atoms with van der Waals surface area (Å²) in [6.07, 6.45) is 3.89. The molecule has 0 unspecified atom stereocenters. The van der Waals surface area contributed by atoms with E-state index >= 15 is 0 Å². The molecular formula is C31H23N2NaO5. The number of furan rings is 1. The third-order valence-corrected chi connectivity index (χ3v) is 6.99. The third-order valence-electron chi connectivity index (χ3n) is 6.99. The van der Waals surface area contributed by atoms with Crippen molar-refractivity contribution in [3.63, 3.8) is 0 Å². The molecule has 1 aliphatic carbocycles. The molecule has 0 atom stereocenters. The van der Waals surface area contributed by atoms with Crippen LogP contribution in [0.4, 0.5) is 10.5 Å². The average Bonchev–Trinajstić information content (AvgIpc) is 3.70. The molecule has 1 amide bonds. The van der Waals surface area contributed by atoms with Crippen LogP contribution in [0.1, 0.15) is 24.0 Å². The van der Waals surface area contributed by atoms with E-state index in [9.17, 15) is 14.7 Å². The Kier molecular flexibility index (Phi) is 7.57. The van der Waals surface area contributed by atoms with Gasteiger partial charge in [-0.15, -0.1) is 0 Å². The maximum atomic E-state index is 12.7. The van der Waals surface area contributed by atoms with Gasteiger partial charge in [0.1, 0.15) is 6.61 Å². The summed E-state index contributed by atoms with van der Waals surface area (Å²) in [7, 11) is 0. The van der Waals surface area contributed by atoms with E-state index < -0.39 is 17.5 Å². The Hall–Kier alpha value is -3.91. The monoisotopic (exact) mass is 526 g/mol. The first-order chi connectivity index (χ1) is 18.5. The van der Waals surface area contributed by atoms with Crippen LogP contribution < -0.4 is 40.0 Å². The van der Waals surface area contributed by atoms with Crippen molar-refractivity contribution >= 4 is 28.7 Å². The van der Waals surface area contributed by atoms with Crippen LogP contribution in [-0.2, 0) is 21.6 Å². The topological polar surface area (TPSA) is 104 Å². The second-order valence-electron chi connectivity index (χ2n) is 9.39. The molecule has 2 aromatic heterocycles. The van der Waals surface area contributed by atoms with E-state index in [2.05, 4.69) is 10.3 Å². The van der Waals surface area contributed by atoms with E-state index in [0.717, 1.165) is 27.8 Å². The van der Waals surface area contributed by atoms with Crippen LogP contribution in [0.25, 0.3) is 33.4 Å². The van der Waals surface area contributed by atoms with Crippen LogP contribution in [-0.4, -0.2) is 17.0 Å². The van der Waals surface area contributed by atoms with Crippen molar-refractivity contribution in [2.24, 2.45) is 0 Å². The molecule has 188 valence electrons. The number of carbonyl (C=O) groups excluding carboxylic acids is 2. The molecule has 1 fully saturated rings. The zero-order valence-corrected chi connectivity index (χ0v) is 23.3. The van der Waals surface area contributed by atoms with Gasteiger partial charge in [0.15, 0.2) is 11.3 Å². The van der Waals surface area contributed by atoms with E-state index in [0.29, 0.717) is 35.3 Å². The minimum Gasteiger partial charge on any atom is -0.549 e. The van der Waals surface area contributed by atoms with Crippen molar-refractivity contribution in [1.82, 2.24) is 4.98 Å². The quantitative estimate of drug-likeness (QED) is 0.327. The maximum Gasteiger partial charge on any atom is 1.00 e. The van der Waals surface area contributed by atoms with Crippen LogP contribution in [0, 0.1) is 0 Å². The van der Waals surface area contributed by atoms with Crippen molar-refractivity contribution in [1.29, 1.82) is 0 Å². The number of aromatic nitrogens is 1. The van der Waals surface area contributed by atoms with E-state index in [1.165, 1.54) is 0 Å². The number of carbonyl (C=O) groups is 2. The van der Waals surface area contributed by atoms with E-state index in [-0.39, 0.29) is 36.2 Å². The van der Waals surface area contributed by atoms with Gasteiger partial charge >= 0.3 is 35.7 Å². The first kappa shape index (κ1) is 26.7. The fraction of sp³-hybridized carbons (Fsp3) is 0.129. The number of benzene rings is 3. The third kappa shape index (κ3) is 5.34. The number of ether oxygens (including phenoxy) is 1. The van der Waals surface area contributed by atoms with Gasteiger partial charge in [0.2, 0.25) is 0 Å². The first-order valence-electron chi connectivity index (χ1n) is 12.3. The largest absolute Gasteiger partial charge is 1.00 e. The van der Waals surface area contributed by atoms with Gasteiger partial charge in [-0.25, -0.2) is 4.79 Å². The molecule has 8 heteroatoms. The fourth-order valence-corrected chi connectivity index (χ4v) is 4.67. The predicted octanol–water partition coefficient (Wildman–Crippen LogP) is 2.70. The SMILES string of the molecule is O=C(Nc1c(-c2ccc(-c3ccc(C4(C(=O)[O-])CC4)cc3)cc2)oc2cnccc12)OCc1ccccc1.[Na+]. The van der Waals surface area contributed by atoms with E-state index in [1.54, 1.807) is 18.5 Å². The van der Waals surface area contributed by atoms with Crippen molar-refractivity contribution < 1.29 is 53.4 Å². The minimum absolute atomic E-state index is 0. The Bertz CT molecular complexity index is 1630. The Morgan fingerprint density at radius 1 is 0.897 bits per heavy atom.